The van der Waals surface area contributed by atoms with Gasteiger partial charge in [0.2, 0.25) is 0 Å². The lowest BCUT2D eigenvalue weighted by Gasteiger charge is -2.32. The average molecular weight is 437 g/mol. The first-order chi connectivity index (χ1) is 15.9. The topological polar surface area (TPSA) is 52.0 Å². The summed E-state index contributed by atoms with van der Waals surface area (Å²) in [6.45, 7) is 8.68. The quantitative estimate of drug-likeness (QED) is 0.392. The summed E-state index contributed by atoms with van der Waals surface area (Å²) in [7, 11) is 0. The van der Waals surface area contributed by atoms with Crippen LogP contribution in [0.15, 0.2) is 89.6 Å². The Morgan fingerprint density at radius 3 is 2.12 bits per heavy atom. The van der Waals surface area contributed by atoms with Crippen LogP contribution in [-0.4, -0.2) is 0 Å². The minimum atomic E-state index is 0.254. The summed E-state index contributed by atoms with van der Waals surface area (Å²) in [5.74, 6) is 0.617. The molecule has 0 amide bonds. The number of anilines is 1. The Bertz CT molecular complexity index is 1180. The molecule has 4 N–H and O–H groups in total. The summed E-state index contributed by atoms with van der Waals surface area (Å²) in [4.78, 5) is 0. The van der Waals surface area contributed by atoms with Crippen LogP contribution in [0.2, 0.25) is 0 Å². The van der Waals surface area contributed by atoms with E-state index in [0.29, 0.717) is 5.92 Å². The SMILES string of the molecule is CCC1=C(N)C(C)=CC(C(c2ccc(-c3ccccc3)cc2)c2cc(C)c(N)c(CC)c2)C1. The van der Waals surface area contributed by atoms with Gasteiger partial charge in [-0.3, -0.25) is 0 Å². The second-order valence-corrected chi connectivity index (χ2v) is 9.32. The van der Waals surface area contributed by atoms with Crippen molar-refractivity contribution in [3.8, 4) is 11.1 Å². The van der Waals surface area contributed by atoms with Gasteiger partial charge < -0.3 is 11.5 Å². The van der Waals surface area contributed by atoms with E-state index in [1.165, 1.54) is 39.0 Å². The predicted octanol–water partition coefficient (Wildman–Crippen LogP) is 7.53. The van der Waals surface area contributed by atoms with Crippen LogP contribution in [0.3, 0.4) is 0 Å². The molecule has 0 saturated carbocycles. The molecule has 0 spiro atoms. The first kappa shape index (κ1) is 22.9. The highest BCUT2D eigenvalue weighted by atomic mass is 14.6. The summed E-state index contributed by atoms with van der Waals surface area (Å²) in [5.41, 5.74) is 24.9. The van der Waals surface area contributed by atoms with E-state index in [0.717, 1.165) is 36.2 Å². The summed E-state index contributed by atoms with van der Waals surface area (Å²) in [6.07, 6.45) is 5.32. The zero-order valence-corrected chi connectivity index (χ0v) is 20.4. The van der Waals surface area contributed by atoms with Gasteiger partial charge in [-0.25, -0.2) is 0 Å². The number of nitrogen functional groups attached to an aromatic ring is 1. The largest absolute Gasteiger partial charge is 0.399 e. The number of hydrogen-bond donors (Lipinski definition) is 2. The molecule has 2 heteroatoms. The van der Waals surface area contributed by atoms with Gasteiger partial charge >= 0.3 is 0 Å². The molecule has 4 rings (SSSR count). The van der Waals surface area contributed by atoms with Crippen molar-refractivity contribution in [2.75, 3.05) is 5.73 Å². The van der Waals surface area contributed by atoms with E-state index in [1.807, 2.05) is 0 Å². The molecule has 0 aromatic heterocycles. The Hall–Kier alpha value is -3.26. The monoisotopic (exact) mass is 436 g/mol. The molecular weight excluding hydrogens is 400 g/mol. The molecule has 0 radical (unpaired) electrons. The van der Waals surface area contributed by atoms with Gasteiger partial charge in [-0.1, -0.05) is 86.7 Å². The van der Waals surface area contributed by atoms with Crippen LogP contribution in [0.25, 0.3) is 11.1 Å². The van der Waals surface area contributed by atoms with Gasteiger partial charge in [-0.15, -0.1) is 0 Å². The van der Waals surface area contributed by atoms with Gasteiger partial charge in [0.25, 0.3) is 0 Å². The highest BCUT2D eigenvalue weighted by molar-refractivity contribution is 5.64. The minimum Gasteiger partial charge on any atom is -0.399 e. The third-order valence-corrected chi connectivity index (χ3v) is 7.22. The Labute approximate surface area is 199 Å². The van der Waals surface area contributed by atoms with E-state index in [2.05, 4.69) is 101 Å². The van der Waals surface area contributed by atoms with Crippen molar-refractivity contribution < 1.29 is 0 Å². The van der Waals surface area contributed by atoms with Crippen molar-refractivity contribution in [2.45, 2.75) is 52.9 Å². The second kappa shape index (κ2) is 9.70. The first-order valence-electron chi connectivity index (χ1n) is 12.1. The molecule has 0 bridgehead atoms. The summed E-state index contributed by atoms with van der Waals surface area (Å²) in [5, 5.41) is 0. The summed E-state index contributed by atoms with van der Waals surface area (Å²) in [6, 6.07) is 24.3. The van der Waals surface area contributed by atoms with E-state index >= 15 is 0 Å². The van der Waals surface area contributed by atoms with Gasteiger partial charge in [0.1, 0.15) is 0 Å². The lowest BCUT2D eigenvalue weighted by molar-refractivity contribution is 0.542. The van der Waals surface area contributed by atoms with E-state index in [-0.39, 0.29) is 5.92 Å². The third kappa shape index (κ3) is 4.61. The Balaban J connectivity index is 1.81. The maximum atomic E-state index is 6.44. The molecule has 0 fully saturated rings. The van der Waals surface area contributed by atoms with Crippen molar-refractivity contribution >= 4 is 5.69 Å². The van der Waals surface area contributed by atoms with Crippen molar-refractivity contribution in [3.63, 3.8) is 0 Å². The highest BCUT2D eigenvalue weighted by Gasteiger charge is 2.28. The number of allylic oxidation sites excluding steroid dienone is 3. The van der Waals surface area contributed by atoms with Gasteiger partial charge in [0, 0.05) is 17.3 Å². The van der Waals surface area contributed by atoms with Gasteiger partial charge in [-0.2, -0.15) is 0 Å². The highest BCUT2D eigenvalue weighted by Crippen LogP contribution is 2.42. The Morgan fingerprint density at radius 2 is 1.48 bits per heavy atom. The fourth-order valence-electron chi connectivity index (χ4n) is 5.27. The lowest BCUT2D eigenvalue weighted by atomic mass is 9.73. The van der Waals surface area contributed by atoms with E-state index in [9.17, 15) is 0 Å². The molecule has 170 valence electrons. The maximum absolute atomic E-state index is 6.44. The molecule has 2 nitrogen and oxygen atoms in total. The fraction of sp³-hybridized carbons (Fsp3) is 0.290. The Morgan fingerprint density at radius 1 is 0.818 bits per heavy atom. The van der Waals surface area contributed by atoms with Crippen LogP contribution in [0, 0.1) is 12.8 Å². The van der Waals surface area contributed by atoms with Crippen LogP contribution in [0.5, 0.6) is 0 Å². The van der Waals surface area contributed by atoms with Crippen molar-refractivity contribution in [1.82, 2.24) is 0 Å². The number of hydrogen-bond acceptors (Lipinski definition) is 2. The number of aryl methyl sites for hydroxylation is 2. The number of rotatable bonds is 6. The van der Waals surface area contributed by atoms with Crippen LogP contribution in [-0.2, 0) is 6.42 Å². The lowest BCUT2D eigenvalue weighted by Crippen LogP contribution is -2.20. The Kier molecular flexibility index (Phi) is 6.74. The molecule has 0 heterocycles. The van der Waals surface area contributed by atoms with E-state index in [4.69, 9.17) is 11.5 Å². The molecule has 3 aromatic rings. The first-order valence-corrected chi connectivity index (χ1v) is 12.1. The summed E-state index contributed by atoms with van der Waals surface area (Å²) < 4.78 is 0. The number of nitrogens with two attached hydrogens (primary N) is 2. The molecule has 1 aliphatic rings. The van der Waals surface area contributed by atoms with Crippen LogP contribution >= 0.6 is 0 Å². The molecule has 0 aliphatic heterocycles. The van der Waals surface area contributed by atoms with Crippen molar-refractivity contribution in [1.29, 1.82) is 0 Å². The van der Waals surface area contributed by atoms with Gasteiger partial charge in [0.05, 0.1) is 0 Å². The van der Waals surface area contributed by atoms with Crippen LogP contribution in [0.1, 0.15) is 61.8 Å². The van der Waals surface area contributed by atoms with Crippen LogP contribution < -0.4 is 11.5 Å². The normalized spacial score (nSPS) is 17.1. The summed E-state index contributed by atoms with van der Waals surface area (Å²) >= 11 is 0. The fourth-order valence-corrected chi connectivity index (χ4v) is 5.27. The predicted molar refractivity (Wildman–Crippen MR) is 142 cm³/mol. The molecule has 1 aliphatic carbocycles. The molecular formula is C31H36N2. The van der Waals surface area contributed by atoms with Crippen LogP contribution in [0.4, 0.5) is 5.69 Å². The maximum Gasteiger partial charge on any atom is 0.0376 e. The molecule has 0 saturated heterocycles. The second-order valence-electron chi connectivity index (χ2n) is 9.32. The van der Waals surface area contributed by atoms with Gasteiger partial charge in [-0.05, 0) is 83.6 Å². The molecule has 33 heavy (non-hydrogen) atoms. The standard InChI is InChI=1S/C31H36N2/c1-5-22-18-27(16-20(3)30(22)32)29(28-17-21(4)31(33)23(6-2)19-28)26-14-12-25(13-15-26)24-10-8-7-9-11-24/h7-18,28-29H,5-6,19,32-33H2,1-4H3. The third-order valence-electron chi connectivity index (χ3n) is 7.22. The minimum absolute atomic E-state index is 0.254. The van der Waals surface area contributed by atoms with E-state index in [1.54, 1.807) is 0 Å². The zero-order chi connectivity index (χ0) is 23.5. The number of benzene rings is 3. The average Bonchev–Trinajstić information content (AvgIpc) is 2.84. The molecule has 2 atom stereocenters. The van der Waals surface area contributed by atoms with E-state index < -0.39 is 0 Å². The van der Waals surface area contributed by atoms with Gasteiger partial charge in [0.15, 0.2) is 0 Å². The van der Waals surface area contributed by atoms with Crippen molar-refractivity contribution in [2.24, 2.45) is 11.7 Å². The van der Waals surface area contributed by atoms with Crippen molar-refractivity contribution in [3.05, 3.63) is 112 Å². The smallest absolute Gasteiger partial charge is 0.0376 e. The molecule has 3 aromatic carbocycles. The zero-order valence-electron chi connectivity index (χ0n) is 20.4. The molecule has 2 unspecified atom stereocenters.